The number of esters is 3. The molecule has 2 saturated heterocycles. The van der Waals surface area contributed by atoms with Gasteiger partial charge in [0.05, 0.1) is 25.7 Å². The Morgan fingerprint density at radius 2 is 1.88 bits per heavy atom. The van der Waals surface area contributed by atoms with E-state index < -0.39 is 82.1 Å². The quantitative estimate of drug-likeness (QED) is 0.346. The van der Waals surface area contributed by atoms with Crippen LogP contribution in [0, 0.1) is 22.7 Å². The second kappa shape index (κ2) is 6.89. The molecule has 9 atom stereocenters. The van der Waals surface area contributed by atoms with E-state index in [1.807, 2.05) is 0 Å². The molecule has 34 heavy (non-hydrogen) atoms. The molecule has 1 spiro atoms. The summed E-state index contributed by atoms with van der Waals surface area (Å²) >= 11 is 0. The van der Waals surface area contributed by atoms with Crippen molar-refractivity contribution in [2.75, 3.05) is 13.7 Å². The molecule has 0 radical (unpaired) electrons. The number of hydrogen-bond donors (Lipinski definition) is 3. The second-order valence-corrected chi connectivity index (χ2v) is 9.98. The highest BCUT2D eigenvalue weighted by Crippen LogP contribution is 2.71. The van der Waals surface area contributed by atoms with Crippen LogP contribution < -0.4 is 0 Å². The highest BCUT2D eigenvalue weighted by atomic mass is 16.6. The summed E-state index contributed by atoms with van der Waals surface area (Å²) in [5.41, 5.74) is -3.89. The van der Waals surface area contributed by atoms with Gasteiger partial charge in [-0.05, 0) is 18.6 Å². The van der Waals surface area contributed by atoms with Crippen LogP contribution in [-0.4, -0.2) is 82.7 Å². The van der Waals surface area contributed by atoms with Gasteiger partial charge >= 0.3 is 17.9 Å². The van der Waals surface area contributed by atoms with Gasteiger partial charge in [0, 0.05) is 35.7 Å². The lowest BCUT2D eigenvalue weighted by molar-refractivity contribution is -0.272. The molecule has 4 fully saturated rings. The Labute approximate surface area is 194 Å². The summed E-state index contributed by atoms with van der Waals surface area (Å²) in [6.45, 7) is 4.11. The van der Waals surface area contributed by atoms with Gasteiger partial charge in [-0.2, -0.15) is 0 Å². The number of aliphatic hydroxyl groups is 3. The molecule has 11 nitrogen and oxygen atoms in total. The number of Topliss-reactive ketones (excluding diaryl/α,β-unsaturated/α-hetero) is 1. The van der Waals surface area contributed by atoms with Gasteiger partial charge in [-0.15, -0.1) is 0 Å². The Bertz CT molecular complexity index is 1090. The fourth-order valence-corrected chi connectivity index (χ4v) is 7.49. The number of aliphatic hydroxyl groups excluding tert-OH is 3. The maximum absolute atomic E-state index is 13.1. The summed E-state index contributed by atoms with van der Waals surface area (Å²) in [7, 11) is 1.08. The van der Waals surface area contributed by atoms with Gasteiger partial charge in [0.1, 0.15) is 12.2 Å². The fourth-order valence-electron chi connectivity index (χ4n) is 7.49. The monoisotopic (exact) mass is 478 g/mol. The molecular formula is C23H26O11. The molecule has 5 rings (SSSR count). The minimum atomic E-state index is -2.20. The zero-order chi connectivity index (χ0) is 25.0. The minimum absolute atomic E-state index is 0.0623. The van der Waals surface area contributed by atoms with E-state index >= 15 is 0 Å². The summed E-state index contributed by atoms with van der Waals surface area (Å²) in [5.74, 6) is -6.09. The van der Waals surface area contributed by atoms with E-state index in [2.05, 4.69) is 0 Å². The SMILES string of the molecule is COC(=O)[C@@]12OC[C@@]34[C@@H](CC5=C(C)C(=O)C(O)=C[C@]5(C)[C@H]3[C@@H](O)[C@@H]1O)OC(=O)[C@H](OC(C)=O)[C@@H]24. The van der Waals surface area contributed by atoms with Crippen molar-refractivity contribution < 1.29 is 53.4 Å². The normalized spacial score (nSPS) is 46.7. The highest BCUT2D eigenvalue weighted by Gasteiger charge is 2.84. The molecule has 0 aromatic heterocycles. The van der Waals surface area contributed by atoms with E-state index in [1.165, 1.54) is 13.0 Å². The third-order valence-electron chi connectivity index (χ3n) is 8.62. The van der Waals surface area contributed by atoms with Crippen molar-refractivity contribution in [3.63, 3.8) is 0 Å². The van der Waals surface area contributed by atoms with Gasteiger partial charge in [-0.3, -0.25) is 9.59 Å². The maximum Gasteiger partial charge on any atom is 0.348 e. The number of carbonyl (C=O) groups excluding carboxylic acids is 4. The van der Waals surface area contributed by atoms with E-state index in [4.69, 9.17) is 18.9 Å². The number of ketones is 1. The Kier molecular flexibility index (Phi) is 4.66. The van der Waals surface area contributed by atoms with Gasteiger partial charge in [0.25, 0.3) is 0 Å². The zero-order valence-corrected chi connectivity index (χ0v) is 19.1. The lowest BCUT2D eigenvalue weighted by Gasteiger charge is -2.65. The largest absolute Gasteiger partial charge is 0.504 e. The molecule has 0 aromatic rings. The lowest BCUT2D eigenvalue weighted by Crippen LogP contribution is -2.78. The summed E-state index contributed by atoms with van der Waals surface area (Å²) in [6, 6.07) is 0. The molecule has 2 heterocycles. The van der Waals surface area contributed by atoms with Crippen molar-refractivity contribution in [1.29, 1.82) is 0 Å². The summed E-state index contributed by atoms with van der Waals surface area (Å²) in [6.07, 6.45) is -4.67. The van der Waals surface area contributed by atoms with Crippen molar-refractivity contribution in [2.45, 2.75) is 57.2 Å². The number of hydrogen-bond acceptors (Lipinski definition) is 11. The number of allylic oxidation sites excluding steroid dienone is 2. The first-order chi connectivity index (χ1) is 15.9. The first-order valence-corrected chi connectivity index (χ1v) is 11.0. The predicted molar refractivity (Wildman–Crippen MR) is 109 cm³/mol. The van der Waals surface area contributed by atoms with E-state index in [9.17, 15) is 34.5 Å². The molecule has 2 saturated carbocycles. The average molecular weight is 478 g/mol. The van der Waals surface area contributed by atoms with E-state index in [-0.39, 0.29) is 18.6 Å². The highest BCUT2D eigenvalue weighted by molar-refractivity contribution is 6.08. The van der Waals surface area contributed by atoms with Crippen LogP contribution in [0.3, 0.4) is 0 Å². The van der Waals surface area contributed by atoms with Crippen molar-refractivity contribution in [3.05, 3.63) is 23.0 Å². The van der Waals surface area contributed by atoms with Crippen LogP contribution in [0.4, 0.5) is 0 Å². The molecule has 2 aliphatic heterocycles. The van der Waals surface area contributed by atoms with Gasteiger partial charge in [-0.25, -0.2) is 9.59 Å². The fraction of sp³-hybridized carbons (Fsp3) is 0.652. The summed E-state index contributed by atoms with van der Waals surface area (Å²) in [5, 5.41) is 33.3. The predicted octanol–water partition coefficient (Wildman–Crippen LogP) is -0.509. The Morgan fingerprint density at radius 1 is 1.21 bits per heavy atom. The molecule has 2 bridgehead atoms. The van der Waals surface area contributed by atoms with E-state index in [0.717, 1.165) is 14.0 Å². The van der Waals surface area contributed by atoms with Crippen molar-refractivity contribution in [2.24, 2.45) is 22.7 Å². The van der Waals surface area contributed by atoms with Crippen LogP contribution in [0.1, 0.15) is 27.2 Å². The van der Waals surface area contributed by atoms with Crippen LogP contribution in [0.25, 0.3) is 0 Å². The number of fused-ring (bicyclic) bond motifs is 2. The summed E-state index contributed by atoms with van der Waals surface area (Å²) in [4.78, 5) is 50.7. The van der Waals surface area contributed by atoms with Gasteiger partial charge in [-0.1, -0.05) is 6.92 Å². The zero-order valence-electron chi connectivity index (χ0n) is 19.1. The van der Waals surface area contributed by atoms with Crippen LogP contribution in [0.5, 0.6) is 0 Å². The number of ether oxygens (including phenoxy) is 4. The van der Waals surface area contributed by atoms with Gasteiger partial charge < -0.3 is 34.3 Å². The number of rotatable bonds is 2. The first kappa shape index (κ1) is 23.0. The maximum atomic E-state index is 13.1. The number of carbonyl (C=O) groups is 4. The van der Waals surface area contributed by atoms with E-state index in [1.54, 1.807) is 6.92 Å². The Hall–Kier alpha value is -2.76. The van der Waals surface area contributed by atoms with Crippen molar-refractivity contribution >= 4 is 23.7 Å². The lowest BCUT2D eigenvalue weighted by atomic mass is 9.40. The Balaban J connectivity index is 1.81. The van der Waals surface area contributed by atoms with Gasteiger partial charge in [0.15, 0.2) is 5.76 Å². The molecule has 0 amide bonds. The molecule has 5 aliphatic rings. The average Bonchev–Trinajstić information content (AvgIpc) is 3.08. The molecule has 0 unspecified atom stereocenters. The molecule has 11 heteroatoms. The smallest absolute Gasteiger partial charge is 0.348 e. The third-order valence-corrected chi connectivity index (χ3v) is 8.62. The third kappa shape index (κ3) is 2.37. The van der Waals surface area contributed by atoms with Crippen molar-refractivity contribution in [1.82, 2.24) is 0 Å². The molecule has 3 N–H and O–H groups in total. The van der Waals surface area contributed by atoms with Crippen LogP contribution in [0.2, 0.25) is 0 Å². The molecular weight excluding hydrogens is 452 g/mol. The van der Waals surface area contributed by atoms with Gasteiger partial charge in [0.2, 0.25) is 17.5 Å². The number of methoxy groups -OCH3 is 1. The standard InChI is InChI=1S/C23H26O11/c1-8-10-5-12-22-7-32-23(20(30)31-4,17(22)15(19(29)34-12)33-9(2)24)18(28)14(27)16(22)21(10,3)6-11(25)13(8)26/h6,12,14-18,25,27-28H,5,7H2,1-4H3/t12-,14-,15-,16-,17-,18+,21+,22-,23+/m1/s1. The second-order valence-electron chi connectivity index (χ2n) is 9.98. The van der Waals surface area contributed by atoms with Crippen LogP contribution in [0.15, 0.2) is 23.0 Å². The van der Waals surface area contributed by atoms with Crippen LogP contribution in [-0.2, 0) is 38.1 Å². The molecule has 0 aromatic carbocycles. The van der Waals surface area contributed by atoms with E-state index in [0.29, 0.717) is 5.57 Å². The Morgan fingerprint density at radius 3 is 2.50 bits per heavy atom. The topological polar surface area (TPSA) is 166 Å². The first-order valence-electron chi connectivity index (χ1n) is 11.0. The molecule has 3 aliphatic carbocycles. The van der Waals surface area contributed by atoms with Crippen molar-refractivity contribution in [3.8, 4) is 0 Å². The molecule has 184 valence electrons. The minimum Gasteiger partial charge on any atom is -0.504 e. The van der Waals surface area contributed by atoms with Crippen LogP contribution >= 0.6 is 0 Å². The summed E-state index contributed by atoms with van der Waals surface area (Å²) < 4.78 is 21.9.